The summed E-state index contributed by atoms with van der Waals surface area (Å²) in [4.78, 5) is 29.2. The molecular formula is C16H16Cl2FN5O2S2. The third kappa shape index (κ3) is 5.34. The Morgan fingerprint density at radius 1 is 1.39 bits per heavy atom. The molecule has 1 aliphatic heterocycles. The van der Waals surface area contributed by atoms with Crippen molar-refractivity contribution >= 4 is 64.2 Å². The summed E-state index contributed by atoms with van der Waals surface area (Å²) < 4.78 is 18.4. The van der Waals surface area contributed by atoms with Crippen LogP contribution >= 0.6 is 46.7 Å². The average Bonchev–Trinajstić information content (AvgIpc) is 3.08. The minimum absolute atomic E-state index is 0.0785. The Labute approximate surface area is 179 Å². The zero-order valence-electron chi connectivity index (χ0n) is 14.5. The molecule has 150 valence electrons. The van der Waals surface area contributed by atoms with Gasteiger partial charge < -0.3 is 10.6 Å². The second kappa shape index (κ2) is 9.38. The number of rotatable bonds is 5. The number of thiazole rings is 1. The summed E-state index contributed by atoms with van der Waals surface area (Å²) in [6.07, 6.45) is 0.258. The molecule has 0 saturated carbocycles. The van der Waals surface area contributed by atoms with E-state index in [9.17, 15) is 14.0 Å². The highest BCUT2D eigenvalue weighted by molar-refractivity contribution is 7.95. The molecule has 0 radical (unpaired) electrons. The summed E-state index contributed by atoms with van der Waals surface area (Å²) in [6.45, 7) is 0.256. The number of hydrogen-bond acceptors (Lipinski definition) is 7. The first-order valence-corrected chi connectivity index (χ1v) is 10.5. The zero-order valence-corrected chi connectivity index (χ0v) is 17.7. The molecule has 12 heteroatoms. The lowest BCUT2D eigenvalue weighted by atomic mass is 10.1. The summed E-state index contributed by atoms with van der Waals surface area (Å²) in [5.41, 5.74) is 1.06. The third-order valence-electron chi connectivity index (χ3n) is 4.01. The molecule has 2 heterocycles. The van der Waals surface area contributed by atoms with Crippen LogP contribution in [0, 0.1) is 5.82 Å². The summed E-state index contributed by atoms with van der Waals surface area (Å²) >= 11 is 14.0. The predicted octanol–water partition coefficient (Wildman–Crippen LogP) is 3.07. The van der Waals surface area contributed by atoms with Crippen LogP contribution in [-0.4, -0.2) is 40.2 Å². The van der Waals surface area contributed by atoms with Crippen LogP contribution in [0.1, 0.15) is 12.1 Å². The number of nitrogens with one attached hydrogen (secondary N) is 3. The van der Waals surface area contributed by atoms with Crippen molar-refractivity contribution in [1.29, 1.82) is 0 Å². The molecule has 3 rings (SSSR count). The molecule has 1 aromatic carbocycles. The van der Waals surface area contributed by atoms with Crippen LogP contribution in [0.3, 0.4) is 0 Å². The van der Waals surface area contributed by atoms with Crippen molar-refractivity contribution < 1.29 is 14.0 Å². The monoisotopic (exact) mass is 463 g/mol. The summed E-state index contributed by atoms with van der Waals surface area (Å²) in [7, 11) is 1.74. The van der Waals surface area contributed by atoms with Crippen molar-refractivity contribution in [2.24, 2.45) is 0 Å². The largest absolute Gasteiger partial charge is 0.349 e. The van der Waals surface area contributed by atoms with Gasteiger partial charge in [0.15, 0.2) is 4.47 Å². The first-order valence-electron chi connectivity index (χ1n) is 8.12. The van der Waals surface area contributed by atoms with Gasteiger partial charge in [-0.15, -0.1) is 11.3 Å². The SMILES string of the molecule is CN1SNC(C(=O)NCc2csc(Cl)n2)CC1C(=O)Nc1ccc(F)c(Cl)c1. The Balaban J connectivity index is 1.58. The molecule has 0 spiro atoms. The number of halogens is 3. The van der Waals surface area contributed by atoms with Gasteiger partial charge in [-0.05, 0) is 31.7 Å². The van der Waals surface area contributed by atoms with Gasteiger partial charge in [0.05, 0.1) is 23.3 Å². The lowest BCUT2D eigenvalue weighted by Gasteiger charge is -2.34. The molecule has 1 saturated heterocycles. The molecule has 28 heavy (non-hydrogen) atoms. The second-order valence-electron chi connectivity index (χ2n) is 5.99. The highest BCUT2D eigenvalue weighted by Gasteiger charge is 2.35. The van der Waals surface area contributed by atoms with E-state index in [-0.39, 0.29) is 29.8 Å². The molecular weight excluding hydrogens is 448 g/mol. The topological polar surface area (TPSA) is 86.4 Å². The molecule has 1 fully saturated rings. The molecule has 2 atom stereocenters. The van der Waals surface area contributed by atoms with Crippen LogP contribution in [0.25, 0.3) is 0 Å². The van der Waals surface area contributed by atoms with Gasteiger partial charge in [-0.1, -0.05) is 23.2 Å². The van der Waals surface area contributed by atoms with E-state index in [0.29, 0.717) is 15.8 Å². The number of carbonyl (C=O) groups is 2. The number of likely N-dealkylation sites (N-methyl/N-ethyl adjacent to an activating group) is 1. The van der Waals surface area contributed by atoms with Gasteiger partial charge in [0.2, 0.25) is 11.8 Å². The van der Waals surface area contributed by atoms with Crippen LogP contribution in [0.2, 0.25) is 9.49 Å². The minimum atomic E-state index is -0.570. The van der Waals surface area contributed by atoms with Gasteiger partial charge in [-0.2, -0.15) is 0 Å². The Morgan fingerprint density at radius 3 is 2.86 bits per heavy atom. The molecule has 2 unspecified atom stereocenters. The lowest BCUT2D eigenvalue weighted by Crippen LogP contribution is -2.54. The average molecular weight is 464 g/mol. The predicted molar refractivity (Wildman–Crippen MR) is 110 cm³/mol. The van der Waals surface area contributed by atoms with Crippen LogP contribution in [-0.2, 0) is 16.1 Å². The maximum atomic E-state index is 13.3. The first-order chi connectivity index (χ1) is 13.3. The van der Waals surface area contributed by atoms with Gasteiger partial charge in [-0.25, -0.2) is 18.4 Å². The Kier molecular flexibility index (Phi) is 7.13. The normalized spacial score (nSPS) is 20.0. The van der Waals surface area contributed by atoms with E-state index in [2.05, 4.69) is 20.3 Å². The highest BCUT2D eigenvalue weighted by Crippen LogP contribution is 2.24. The number of benzene rings is 1. The van der Waals surface area contributed by atoms with E-state index in [1.54, 1.807) is 16.7 Å². The fourth-order valence-electron chi connectivity index (χ4n) is 2.53. The van der Waals surface area contributed by atoms with Crippen molar-refractivity contribution in [2.75, 3.05) is 12.4 Å². The molecule has 0 aliphatic carbocycles. The van der Waals surface area contributed by atoms with Crippen molar-refractivity contribution in [3.63, 3.8) is 0 Å². The first kappa shape index (κ1) is 21.3. The van der Waals surface area contributed by atoms with E-state index < -0.39 is 17.9 Å². The Hall–Kier alpha value is -1.43. The maximum absolute atomic E-state index is 13.3. The second-order valence-corrected chi connectivity index (χ2v) is 8.83. The van der Waals surface area contributed by atoms with Gasteiger partial charge in [0.1, 0.15) is 11.9 Å². The van der Waals surface area contributed by atoms with E-state index in [1.165, 1.54) is 41.7 Å². The van der Waals surface area contributed by atoms with Gasteiger partial charge >= 0.3 is 0 Å². The molecule has 7 nitrogen and oxygen atoms in total. The standard InChI is InChI=1S/C16H16Cl2FN5O2S2/c1-24-13(15(26)21-8-2-3-11(19)10(17)4-8)5-12(23-28-24)14(25)20-6-9-7-27-16(18)22-9/h2-4,7,12-13,23H,5-6H2,1H3,(H,20,25)(H,21,26). The van der Waals surface area contributed by atoms with E-state index in [1.807, 2.05) is 0 Å². The van der Waals surface area contributed by atoms with Crippen molar-refractivity contribution in [1.82, 2.24) is 19.3 Å². The van der Waals surface area contributed by atoms with E-state index >= 15 is 0 Å². The molecule has 3 N–H and O–H groups in total. The molecule has 1 aromatic heterocycles. The van der Waals surface area contributed by atoms with Crippen molar-refractivity contribution in [2.45, 2.75) is 25.0 Å². The van der Waals surface area contributed by atoms with Crippen molar-refractivity contribution in [3.05, 3.63) is 44.6 Å². The number of amides is 2. The fraction of sp³-hybridized carbons (Fsp3) is 0.312. The minimum Gasteiger partial charge on any atom is -0.349 e. The van der Waals surface area contributed by atoms with Crippen LogP contribution in [0.5, 0.6) is 0 Å². The fourth-order valence-corrected chi connectivity index (χ4v) is 4.29. The van der Waals surface area contributed by atoms with Crippen LogP contribution in [0.4, 0.5) is 10.1 Å². The molecule has 0 bridgehead atoms. The molecule has 2 aromatic rings. The Bertz CT molecular complexity index is 884. The highest BCUT2D eigenvalue weighted by atomic mass is 35.5. The zero-order chi connectivity index (χ0) is 20.3. The number of aromatic nitrogens is 1. The van der Waals surface area contributed by atoms with Gasteiger partial charge in [-0.3, -0.25) is 9.59 Å². The Morgan fingerprint density at radius 2 is 2.18 bits per heavy atom. The molecule has 1 aliphatic rings. The quantitative estimate of drug-likeness (QED) is 0.590. The van der Waals surface area contributed by atoms with Crippen molar-refractivity contribution in [3.8, 4) is 0 Å². The van der Waals surface area contributed by atoms with E-state index in [4.69, 9.17) is 23.2 Å². The lowest BCUT2D eigenvalue weighted by molar-refractivity contribution is -0.124. The number of hydrogen-bond donors (Lipinski definition) is 3. The van der Waals surface area contributed by atoms with Gasteiger partial charge in [0.25, 0.3) is 0 Å². The van der Waals surface area contributed by atoms with Crippen LogP contribution in [0.15, 0.2) is 23.6 Å². The third-order valence-corrected chi connectivity index (χ3v) is 6.26. The summed E-state index contributed by atoms with van der Waals surface area (Å²) in [5.74, 6) is -1.12. The maximum Gasteiger partial charge on any atom is 0.242 e. The van der Waals surface area contributed by atoms with E-state index in [0.717, 1.165) is 0 Å². The number of anilines is 1. The van der Waals surface area contributed by atoms with Crippen LogP contribution < -0.4 is 15.4 Å². The number of carbonyl (C=O) groups excluding carboxylic acids is 2. The summed E-state index contributed by atoms with van der Waals surface area (Å²) in [5, 5.41) is 7.17. The smallest absolute Gasteiger partial charge is 0.242 e. The molecule has 2 amide bonds. The van der Waals surface area contributed by atoms with Gasteiger partial charge in [0, 0.05) is 23.2 Å². The summed E-state index contributed by atoms with van der Waals surface area (Å²) in [6, 6.07) is 2.81. The number of nitrogens with zero attached hydrogens (tertiary/aromatic N) is 2.